The molecule has 1 N–H and O–H groups in total. The topological polar surface area (TPSA) is 21.3 Å². The molecule has 1 unspecified atom stereocenters. The molecule has 0 aliphatic carbocycles. The van der Waals surface area contributed by atoms with E-state index < -0.39 is 0 Å². The molecule has 0 fully saturated rings. The van der Waals surface area contributed by atoms with Crippen LogP contribution in [0.15, 0.2) is 36.9 Å². The quantitative estimate of drug-likeness (QED) is 0.674. The van der Waals surface area contributed by atoms with Gasteiger partial charge in [-0.2, -0.15) is 0 Å². The first-order valence-electron chi connectivity index (χ1n) is 6.77. The van der Waals surface area contributed by atoms with E-state index in [9.17, 15) is 0 Å². The molecule has 0 aliphatic rings. The number of nitrogens with one attached hydrogen (secondary N) is 1. The molecular formula is C16H25NO. The molecule has 1 aromatic rings. The van der Waals surface area contributed by atoms with E-state index in [0.29, 0.717) is 6.04 Å². The molecule has 0 radical (unpaired) electrons. The number of aryl methyl sites for hydroxylation is 1. The molecule has 0 aliphatic heterocycles. The zero-order chi connectivity index (χ0) is 13.2. The van der Waals surface area contributed by atoms with Crippen LogP contribution in [0.1, 0.15) is 31.7 Å². The smallest absolute Gasteiger partial charge is 0.118 e. The van der Waals surface area contributed by atoms with E-state index in [1.54, 1.807) is 7.11 Å². The SMILES string of the molecule is C=CCCC(CCc1ccc(OC)cc1)NCC. The highest BCUT2D eigenvalue weighted by atomic mass is 16.5. The lowest BCUT2D eigenvalue weighted by Crippen LogP contribution is -2.29. The third kappa shape index (κ3) is 5.37. The highest BCUT2D eigenvalue weighted by Gasteiger charge is 2.06. The number of hydrogen-bond donors (Lipinski definition) is 1. The van der Waals surface area contributed by atoms with Gasteiger partial charge in [0.1, 0.15) is 5.75 Å². The van der Waals surface area contributed by atoms with Crippen molar-refractivity contribution in [1.82, 2.24) is 5.32 Å². The average molecular weight is 247 g/mol. The monoisotopic (exact) mass is 247 g/mol. The Hall–Kier alpha value is -1.28. The first-order valence-corrected chi connectivity index (χ1v) is 6.77. The maximum Gasteiger partial charge on any atom is 0.118 e. The van der Waals surface area contributed by atoms with Gasteiger partial charge in [-0.1, -0.05) is 25.1 Å². The lowest BCUT2D eigenvalue weighted by Gasteiger charge is -2.17. The van der Waals surface area contributed by atoms with Crippen molar-refractivity contribution in [3.05, 3.63) is 42.5 Å². The standard InChI is InChI=1S/C16H25NO/c1-4-6-7-15(17-5-2)11-8-14-9-12-16(18-3)13-10-14/h4,9-10,12-13,15,17H,1,5-8,11H2,2-3H3. The minimum atomic E-state index is 0.593. The molecule has 0 bridgehead atoms. The van der Waals surface area contributed by atoms with E-state index in [-0.39, 0.29) is 0 Å². The van der Waals surface area contributed by atoms with Crippen LogP contribution in [0.3, 0.4) is 0 Å². The van der Waals surface area contributed by atoms with Crippen molar-refractivity contribution in [3.63, 3.8) is 0 Å². The summed E-state index contributed by atoms with van der Waals surface area (Å²) in [4.78, 5) is 0. The molecule has 0 heterocycles. The Labute approximate surface area is 111 Å². The van der Waals surface area contributed by atoms with Crippen molar-refractivity contribution < 1.29 is 4.74 Å². The largest absolute Gasteiger partial charge is 0.497 e. The minimum absolute atomic E-state index is 0.593. The van der Waals surface area contributed by atoms with Crippen LogP contribution in [0.5, 0.6) is 5.75 Å². The molecule has 0 amide bonds. The molecule has 18 heavy (non-hydrogen) atoms. The average Bonchev–Trinajstić information content (AvgIpc) is 2.42. The highest BCUT2D eigenvalue weighted by molar-refractivity contribution is 5.27. The Balaban J connectivity index is 2.41. The van der Waals surface area contributed by atoms with Crippen molar-refractivity contribution in [2.45, 2.75) is 38.6 Å². The fraction of sp³-hybridized carbons (Fsp3) is 0.500. The first-order chi connectivity index (χ1) is 8.80. The van der Waals surface area contributed by atoms with Crippen LogP contribution < -0.4 is 10.1 Å². The number of benzene rings is 1. The Morgan fingerprint density at radius 1 is 1.28 bits per heavy atom. The van der Waals surface area contributed by atoms with Gasteiger partial charge >= 0.3 is 0 Å². The molecule has 2 nitrogen and oxygen atoms in total. The fourth-order valence-corrected chi connectivity index (χ4v) is 2.09. The van der Waals surface area contributed by atoms with E-state index >= 15 is 0 Å². The summed E-state index contributed by atoms with van der Waals surface area (Å²) in [5.41, 5.74) is 1.37. The van der Waals surface area contributed by atoms with Crippen molar-refractivity contribution in [3.8, 4) is 5.75 Å². The Morgan fingerprint density at radius 3 is 2.56 bits per heavy atom. The van der Waals surface area contributed by atoms with E-state index in [0.717, 1.165) is 25.1 Å². The van der Waals surface area contributed by atoms with Gasteiger partial charge in [0, 0.05) is 6.04 Å². The molecule has 0 spiro atoms. The normalized spacial score (nSPS) is 12.1. The summed E-state index contributed by atoms with van der Waals surface area (Å²) in [6, 6.07) is 8.95. The zero-order valence-corrected chi connectivity index (χ0v) is 11.6. The second-order valence-electron chi connectivity index (χ2n) is 4.51. The molecule has 1 aromatic carbocycles. The Morgan fingerprint density at radius 2 is 2.00 bits per heavy atom. The van der Waals surface area contributed by atoms with E-state index in [2.05, 4.69) is 31.0 Å². The minimum Gasteiger partial charge on any atom is -0.497 e. The second kappa shape index (κ2) is 8.76. The molecule has 1 rings (SSSR count). The van der Waals surface area contributed by atoms with Gasteiger partial charge in [-0.15, -0.1) is 6.58 Å². The number of methoxy groups -OCH3 is 1. The predicted octanol–water partition coefficient (Wildman–Crippen LogP) is 3.57. The Bertz CT molecular complexity index is 331. The van der Waals surface area contributed by atoms with Crippen molar-refractivity contribution in [2.24, 2.45) is 0 Å². The molecule has 0 aromatic heterocycles. The molecular weight excluding hydrogens is 222 g/mol. The van der Waals surface area contributed by atoms with Crippen LogP contribution in [0.2, 0.25) is 0 Å². The van der Waals surface area contributed by atoms with Crippen molar-refractivity contribution in [2.75, 3.05) is 13.7 Å². The van der Waals surface area contributed by atoms with Crippen LogP contribution in [-0.4, -0.2) is 19.7 Å². The van der Waals surface area contributed by atoms with E-state index in [1.807, 2.05) is 18.2 Å². The molecule has 0 saturated carbocycles. The zero-order valence-electron chi connectivity index (χ0n) is 11.6. The third-order valence-corrected chi connectivity index (χ3v) is 3.15. The summed E-state index contributed by atoms with van der Waals surface area (Å²) in [5, 5.41) is 3.54. The molecule has 0 saturated heterocycles. The maximum absolute atomic E-state index is 5.16. The van der Waals surface area contributed by atoms with Crippen molar-refractivity contribution >= 4 is 0 Å². The van der Waals surface area contributed by atoms with Crippen LogP contribution in [-0.2, 0) is 6.42 Å². The van der Waals surface area contributed by atoms with Crippen LogP contribution in [0.25, 0.3) is 0 Å². The Kier molecular flexibility index (Phi) is 7.19. The summed E-state index contributed by atoms with van der Waals surface area (Å²) in [7, 11) is 1.70. The predicted molar refractivity (Wildman–Crippen MR) is 78.2 cm³/mol. The van der Waals surface area contributed by atoms with Crippen LogP contribution in [0.4, 0.5) is 0 Å². The van der Waals surface area contributed by atoms with Crippen LogP contribution in [0, 0.1) is 0 Å². The highest BCUT2D eigenvalue weighted by Crippen LogP contribution is 2.14. The van der Waals surface area contributed by atoms with E-state index in [1.165, 1.54) is 18.4 Å². The van der Waals surface area contributed by atoms with Crippen LogP contribution >= 0.6 is 0 Å². The van der Waals surface area contributed by atoms with Gasteiger partial charge in [0.25, 0.3) is 0 Å². The van der Waals surface area contributed by atoms with Gasteiger partial charge in [0.15, 0.2) is 0 Å². The summed E-state index contributed by atoms with van der Waals surface area (Å²) in [6.07, 6.45) is 6.54. The van der Waals surface area contributed by atoms with Gasteiger partial charge in [0.05, 0.1) is 7.11 Å². The van der Waals surface area contributed by atoms with Gasteiger partial charge in [-0.05, 0) is 49.9 Å². The summed E-state index contributed by atoms with van der Waals surface area (Å²) >= 11 is 0. The molecule has 2 heteroatoms. The lowest BCUT2D eigenvalue weighted by atomic mass is 10.0. The van der Waals surface area contributed by atoms with E-state index in [4.69, 9.17) is 4.74 Å². The summed E-state index contributed by atoms with van der Waals surface area (Å²) < 4.78 is 5.16. The number of ether oxygens (including phenoxy) is 1. The van der Waals surface area contributed by atoms with Gasteiger partial charge < -0.3 is 10.1 Å². The first kappa shape index (κ1) is 14.8. The van der Waals surface area contributed by atoms with Gasteiger partial charge in [0.2, 0.25) is 0 Å². The second-order valence-corrected chi connectivity index (χ2v) is 4.51. The third-order valence-electron chi connectivity index (χ3n) is 3.15. The lowest BCUT2D eigenvalue weighted by molar-refractivity contribution is 0.414. The van der Waals surface area contributed by atoms with Gasteiger partial charge in [-0.3, -0.25) is 0 Å². The number of rotatable bonds is 9. The summed E-state index contributed by atoms with van der Waals surface area (Å²) in [6.45, 7) is 6.98. The molecule has 1 atom stereocenters. The summed E-state index contributed by atoms with van der Waals surface area (Å²) in [5.74, 6) is 0.925. The molecule has 100 valence electrons. The fourth-order valence-electron chi connectivity index (χ4n) is 2.09. The maximum atomic E-state index is 5.16. The van der Waals surface area contributed by atoms with Crippen molar-refractivity contribution in [1.29, 1.82) is 0 Å². The van der Waals surface area contributed by atoms with Gasteiger partial charge in [-0.25, -0.2) is 0 Å². The number of allylic oxidation sites excluding steroid dienone is 1. The number of hydrogen-bond acceptors (Lipinski definition) is 2.